The molecule has 0 aliphatic carbocycles. The maximum Gasteiger partial charge on any atom is 0.310 e. The molecular formula is C19H36O2. The van der Waals surface area contributed by atoms with Crippen LogP contribution in [0.3, 0.4) is 0 Å². The Bertz CT molecular complexity index is 401. The summed E-state index contributed by atoms with van der Waals surface area (Å²) in [6.07, 6.45) is 15.8. The standard InChI is InChI=1S/C19H36O2/c1-4-5-6-7-8-9-10-11-12-13-14-15-16-17-19(20)21-18(2)3/h2,4-17H2,1,3H3/i2D2,3D3. The SMILES string of the molecule is [2H]C([2H])=C(OC(=O)CCCCCCCCCCCCCCC)C([2H])([2H])[2H]. The Morgan fingerprint density at radius 2 is 1.38 bits per heavy atom. The van der Waals surface area contributed by atoms with Crippen molar-refractivity contribution in [1.82, 2.24) is 0 Å². The molecule has 0 aromatic heterocycles. The van der Waals surface area contributed by atoms with Gasteiger partial charge in [0.05, 0.1) is 8.50 Å². The fraction of sp³-hybridized carbons (Fsp3) is 0.842. The predicted octanol–water partition coefficient (Wildman–Crippen LogP) is 6.54. The fourth-order valence-electron chi connectivity index (χ4n) is 2.45. The zero-order valence-electron chi connectivity index (χ0n) is 18.7. The third kappa shape index (κ3) is 17.2. The third-order valence-electron chi connectivity index (χ3n) is 3.70. The van der Waals surface area contributed by atoms with Crippen LogP contribution in [0.25, 0.3) is 0 Å². The van der Waals surface area contributed by atoms with E-state index in [0.717, 1.165) is 19.3 Å². The monoisotopic (exact) mass is 301 g/mol. The molecular weight excluding hydrogens is 260 g/mol. The van der Waals surface area contributed by atoms with Crippen molar-refractivity contribution in [1.29, 1.82) is 0 Å². The molecule has 0 radical (unpaired) electrons. The molecule has 124 valence electrons. The summed E-state index contributed by atoms with van der Waals surface area (Å²) in [4.78, 5) is 11.6. The van der Waals surface area contributed by atoms with E-state index in [1.165, 1.54) is 57.8 Å². The number of rotatable bonds is 15. The highest BCUT2D eigenvalue weighted by atomic mass is 16.5. The summed E-state index contributed by atoms with van der Waals surface area (Å²) in [6, 6.07) is 0. The maximum absolute atomic E-state index is 11.6. The summed E-state index contributed by atoms with van der Waals surface area (Å²) >= 11 is 0. The smallest absolute Gasteiger partial charge is 0.310 e. The minimum absolute atomic E-state index is 0.130. The lowest BCUT2D eigenvalue weighted by molar-refractivity contribution is -0.139. The van der Waals surface area contributed by atoms with Crippen LogP contribution >= 0.6 is 0 Å². The van der Waals surface area contributed by atoms with Crippen LogP contribution in [0.1, 0.15) is 111 Å². The predicted molar refractivity (Wildman–Crippen MR) is 91.2 cm³/mol. The number of hydrogen-bond donors (Lipinski definition) is 0. The Morgan fingerprint density at radius 3 is 1.81 bits per heavy atom. The van der Waals surface area contributed by atoms with Gasteiger partial charge in [-0.2, -0.15) is 0 Å². The number of carbonyl (C=O) groups is 1. The van der Waals surface area contributed by atoms with E-state index in [2.05, 4.69) is 11.7 Å². The Kier molecular flexibility index (Phi) is 9.45. The lowest BCUT2D eigenvalue weighted by Gasteiger charge is -2.04. The van der Waals surface area contributed by atoms with Crippen LogP contribution in [-0.2, 0) is 9.53 Å². The van der Waals surface area contributed by atoms with Gasteiger partial charge in [0.15, 0.2) is 0 Å². The Morgan fingerprint density at radius 1 is 0.905 bits per heavy atom. The number of unbranched alkanes of at least 4 members (excludes halogenated alkanes) is 12. The first-order valence-electron chi connectivity index (χ1n) is 11.2. The van der Waals surface area contributed by atoms with Crippen LogP contribution in [0.5, 0.6) is 0 Å². The molecule has 0 saturated heterocycles. The lowest BCUT2D eigenvalue weighted by atomic mass is 10.0. The molecule has 0 aliphatic rings. The van der Waals surface area contributed by atoms with Crippen LogP contribution in [0.4, 0.5) is 0 Å². The molecule has 0 fully saturated rings. The van der Waals surface area contributed by atoms with E-state index < -0.39 is 25.1 Å². The second-order valence-corrected chi connectivity index (χ2v) is 5.80. The molecule has 0 aromatic rings. The molecule has 0 N–H and O–H groups in total. The number of carbonyl (C=O) groups excluding carboxylic acids is 1. The largest absolute Gasteiger partial charge is 0.432 e. The molecule has 0 saturated carbocycles. The summed E-state index contributed by atoms with van der Waals surface area (Å²) in [6.45, 7) is -1.46. The quantitative estimate of drug-likeness (QED) is 0.195. The van der Waals surface area contributed by atoms with Gasteiger partial charge < -0.3 is 4.74 Å². The zero-order chi connectivity index (χ0) is 19.8. The van der Waals surface area contributed by atoms with E-state index >= 15 is 0 Å². The maximum atomic E-state index is 11.6. The highest BCUT2D eigenvalue weighted by molar-refractivity contribution is 5.70. The van der Waals surface area contributed by atoms with Crippen molar-refractivity contribution >= 4 is 5.97 Å². The summed E-state index contributed by atoms with van der Waals surface area (Å²) in [5.41, 5.74) is 0. The van der Waals surface area contributed by atoms with Gasteiger partial charge in [0.1, 0.15) is 0 Å². The number of allylic oxidation sites excluding steroid dienone is 1. The van der Waals surface area contributed by atoms with E-state index in [0.29, 0.717) is 6.42 Å². The van der Waals surface area contributed by atoms with Crippen molar-refractivity contribution in [3.05, 3.63) is 12.3 Å². The van der Waals surface area contributed by atoms with Crippen LogP contribution < -0.4 is 0 Å². The summed E-state index contributed by atoms with van der Waals surface area (Å²) < 4.78 is 40.3. The van der Waals surface area contributed by atoms with E-state index in [1.807, 2.05) is 0 Å². The van der Waals surface area contributed by atoms with E-state index in [-0.39, 0.29) is 6.42 Å². The minimum atomic E-state index is -2.73. The molecule has 0 atom stereocenters. The Labute approximate surface area is 139 Å². The van der Waals surface area contributed by atoms with Gasteiger partial charge in [-0.25, -0.2) is 0 Å². The Hall–Kier alpha value is -0.790. The number of ether oxygens (including phenoxy) is 1. The van der Waals surface area contributed by atoms with Gasteiger partial charge in [0.2, 0.25) is 0 Å². The second kappa shape index (κ2) is 15.6. The average molecular weight is 302 g/mol. The van der Waals surface area contributed by atoms with Gasteiger partial charge in [-0.3, -0.25) is 4.79 Å². The molecule has 0 bridgehead atoms. The number of esters is 1. The molecule has 2 nitrogen and oxygen atoms in total. The van der Waals surface area contributed by atoms with Crippen molar-refractivity contribution in [2.75, 3.05) is 0 Å². The average Bonchev–Trinajstić information content (AvgIpc) is 2.55. The highest BCUT2D eigenvalue weighted by Crippen LogP contribution is 2.13. The van der Waals surface area contributed by atoms with Gasteiger partial charge in [0, 0.05) is 10.5 Å². The van der Waals surface area contributed by atoms with E-state index in [9.17, 15) is 4.79 Å². The topological polar surface area (TPSA) is 26.3 Å². The van der Waals surface area contributed by atoms with Crippen LogP contribution in [0.2, 0.25) is 0 Å². The van der Waals surface area contributed by atoms with Crippen LogP contribution in [0.15, 0.2) is 12.3 Å². The molecule has 0 heterocycles. The van der Waals surface area contributed by atoms with Crippen molar-refractivity contribution < 1.29 is 16.4 Å². The number of hydrogen-bond acceptors (Lipinski definition) is 2. The normalized spacial score (nSPS) is 14.4. The summed E-state index contributed by atoms with van der Waals surface area (Å²) in [5.74, 6) is -1.51. The first kappa shape index (κ1) is 12.7. The second-order valence-electron chi connectivity index (χ2n) is 5.80. The zero-order valence-corrected chi connectivity index (χ0v) is 13.7. The highest BCUT2D eigenvalue weighted by Gasteiger charge is 2.02. The van der Waals surface area contributed by atoms with Crippen molar-refractivity contribution in [2.24, 2.45) is 0 Å². The molecule has 2 heteroatoms. The van der Waals surface area contributed by atoms with Gasteiger partial charge >= 0.3 is 5.97 Å². The third-order valence-corrected chi connectivity index (χ3v) is 3.70. The van der Waals surface area contributed by atoms with E-state index in [1.54, 1.807) is 0 Å². The van der Waals surface area contributed by atoms with Gasteiger partial charge in [-0.15, -0.1) is 0 Å². The van der Waals surface area contributed by atoms with Gasteiger partial charge in [-0.1, -0.05) is 90.5 Å². The minimum Gasteiger partial charge on any atom is -0.432 e. The van der Waals surface area contributed by atoms with Crippen molar-refractivity contribution in [3.63, 3.8) is 0 Å². The molecule has 0 spiro atoms. The molecule has 0 unspecified atom stereocenters. The summed E-state index contributed by atoms with van der Waals surface area (Å²) in [5, 5.41) is 0. The van der Waals surface area contributed by atoms with Crippen molar-refractivity contribution in [2.45, 2.75) is 104 Å². The van der Waals surface area contributed by atoms with Crippen LogP contribution in [0, 0.1) is 0 Å². The molecule has 0 rings (SSSR count). The van der Waals surface area contributed by atoms with Crippen molar-refractivity contribution in [3.8, 4) is 0 Å². The lowest BCUT2D eigenvalue weighted by Crippen LogP contribution is -2.01. The van der Waals surface area contributed by atoms with Crippen LogP contribution in [-0.4, -0.2) is 5.97 Å². The molecule has 0 aliphatic heterocycles. The first-order chi connectivity index (χ1) is 12.3. The molecule has 21 heavy (non-hydrogen) atoms. The first-order valence-corrected chi connectivity index (χ1v) is 8.67. The molecule has 0 aromatic carbocycles. The summed E-state index contributed by atoms with van der Waals surface area (Å²) in [7, 11) is 0. The van der Waals surface area contributed by atoms with Gasteiger partial charge in [0.25, 0.3) is 0 Å². The van der Waals surface area contributed by atoms with Gasteiger partial charge in [-0.05, 0) is 13.3 Å². The fourth-order valence-corrected chi connectivity index (χ4v) is 2.45. The Balaban J connectivity index is 3.55. The van der Waals surface area contributed by atoms with E-state index in [4.69, 9.17) is 6.85 Å². The molecule has 0 amide bonds.